The highest BCUT2D eigenvalue weighted by Crippen LogP contribution is 2.56. The minimum absolute atomic E-state index is 0.249. The zero-order chi connectivity index (χ0) is 37.2. The SMILES string of the molecule is Cc1ccc(N(c2ccc([Si](C)(C)C)c3ccccc23)c2cc3c(c4ccccc24)-c2ccc(N(c4ccccc4)c4ccccc4)cc2C3(C)C)cc1. The molecule has 0 fully saturated rings. The Morgan fingerprint density at radius 3 is 1.56 bits per heavy atom. The summed E-state index contributed by atoms with van der Waals surface area (Å²) >= 11 is 0. The van der Waals surface area contributed by atoms with Crippen LogP contribution < -0.4 is 15.0 Å². The van der Waals surface area contributed by atoms with Gasteiger partial charge in [-0.2, -0.15) is 0 Å². The van der Waals surface area contributed by atoms with Crippen LogP contribution in [0.1, 0.15) is 30.5 Å². The first-order valence-electron chi connectivity index (χ1n) is 19.1. The van der Waals surface area contributed by atoms with Gasteiger partial charge in [0.25, 0.3) is 0 Å². The molecule has 0 heterocycles. The highest BCUT2D eigenvalue weighted by atomic mass is 28.3. The summed E-state index contributed by atoms with van der Waals surface area (Å²) in [7, 11) is -1.61. The number of hydrogen-bond donors (Lipinski definition) is 0. The standard InChI is InChI=1S/C51H46N2Si/c1-35-25-27-38(28-26-35)53(47-31-32-49(54(4,5)6)42-23-15-13-21-40(42)47)48-34-46-50(43-24-16-14-22-41(43)48)44-30-29-39(33-45(44)51(46,2)3)52(36-17-9-7-10-18-36)37-19-11-8-12-20-37/h7-34H,1-6H3. The van der Waals surface area contributed by atoms with E-state index in [9.17, 15) is 0 Å². The number of nitrogens with zero attached hydrogens (tertiary/aromatic N) is 2. The molecule has 0 radical (unpaired) electrons. The summed E-state index contributed by atoms with van der Waals surface area (Å²) in [5, 5.41) is 6.68. The predicted molar refractivity (Wildman–Crippen MR) is 236 cm³/mol. The van der Waals surface area contributed by atoms with Gasteiger partial charge in [-0.3, -0.25) is 0 Å². The number of rotatable bonds is 7. The summed E-state index contributed by atoms with van der Waals surface area (Å²) in [5.41, 5.74) is 13.4. The maximum atomic E-state index is 2.52. The molecule has 8 aromatic rings. The Morgan fingerprint density at radius 2 is 0.944 bits per heavy atom. The van der Waals surface area contributed by atoms with Crippen LogP contribution in [0.3, 0.4) is 0 Å². The second kappa shape index (κ2) is 12.9. The summed E-state index contributed by atoms with van der Waals surface area (Å²) < 4.78 is 0. The van der Waals surface area contributed by atoms with Crippen molar-refractivity contribution in [2.75, 3.05) is 9.80 Å². The smallest absolute Gasteiger partial charge is 0.0784 e. The molecule has 0 N–H and O–H groups in total. The summed E-state index contributed by atoms with van der Waals surface area (Å²) in [4.78, 5) is 4.90. The van der Waals surface area contributed by atoms with E-state index in [4.69, 9.17) is 0 Å². The molecule has 3 heteroatoms. The first-order valence-corrected chi connectivity index (χ1v) is 22.6. The van der Waals surface area contributed by atoms with E-state index >= 15 is 0 Å². The Kier molecular flexibility index (Phi) is 8.10. The molecule has 1 aliphatic carbocycles. The van der Waals surface area contributed by atoms with E-state index in [2.05, 4.69) is 220 Å². The molecule has 8 aromatic carbocycles. The highest BCUT2D eigenvalue weighted by Gasteiger charge is 2.39. The van der Waals surface area contributed by atoms with Gasteiger partial charge in [-0.05, 0) is 101 Å². The van der Waals surface area contributed by atoms with Crippen LogP contribution >= 0.6 is 0 Å². The van der Waals surface area contributed by atoms with Crippen LogP contribution in [0.2, 0.25) is 19.6 Å². The predicted octanol–water partition coefficient (Wildman–Crippen LogP) is 14.1. The lowest BCUT2D eigenvalue weighted by atomic mass is 9.81. The normalized spacial score (nSPS) is 13.1. The summed E-state index contributed by atoms with van der Waals surface area (Å²) in [6.07, 6.45) is 0. The molecule has 0 amide bonds. The van der Waals surface area contributed by atoms with Crippen molar-refractivity contribution in [2.24, 2.45) is 0 Å². The Morgan fingerprint density at radius 1 is 0.426 bits per heavy atom. The van der Waals surface area contributed by atoms with Crippen LogP contribution in [-0.4, -0.2) is 8.07 Å². The summed E-state index contributed by atoms with van der Waals surface area (Å²) in [5.74, 6) is 0. The highest BCUT2D eigenvalue weighted by molar-refractivity contribution is 6.90. The van der Waals surface area contributed by atoms with Gasteiger partial charge in [0, 0.05) is 38.9 Å². The molecule has 0 spiro atoms. The maximum absolute atomic E-state index is 2.52. The van der Waals surface area contributed by atoms with Crippen molar-refractivity contribution < 1.29 is 0 Å². The van der Waals surface area contributed by atoms with E-state index in [0.29, 0.717) is 0 Å². The van der Waals surface area contributed by atoms with E-state index < -0.39 is 8.07 Å². The van der Waals surface area contributed by atoms with Gasteiger partial charge in [0.15, 0.2) is 0 Å². The number of fused-ring (bicyclic) bond motifs is 6. The molecule has 0 bridgehead atoms. The Balaban J connectivity index is 1.28. The van der Waals surface area contributed by atoms with E-state index in [1.54, 1.807) is 0 Å². The van der Waals surface area contributed by atoms with E-state index in [-0.39, 0.29) is 5.41 Å². The Bertz CT molecular complexity index is 2630. The van der Waals surface area contributed by atoms with E-state index in [0.717, 1.165) is 22.7 Å². The average Bonchev–Trinajstić information content (AvgIpc) is 3.41. The molecule has 0 saturated carbocycles. The third-order valence-corrected chi connectivity index (χ3v) is 13.5. The average molecular weight is 715 g/mol. The molecule has 9 rings (SSSR count). The lowest BCUT2D eigenvalue weighted by Crippen LogP contribution is -2.38. The van der Waals surface area contributed by atoms with Crippen molar-refractivity contribution in [3.8, 4) is 11.1 Å². The molecule has 0 aromatic heterocycles. The second-order valence-corrected chi connectivity index (χ2v) is 21.4. The molecule has 0 aliphatic heterocycles. The van der Waals surface area contributed by atoms with Crippen LogP contribution in [0.25, 0.3) is 32.7 Å². The maximum Gasteiger partial charge on any atom is 0.0784 e. The number of benzene rings is 8. The fourth-order valence-electron chi connectivity index (χ4n) is 8.71. The second-order valence-electron chi connectivity index (χ2n) is 16.3. The van der Waals surface area contributed by atoms with Crippen molar-refractivity contribution in [1.29, 1.82) is 0 Å². The molecule has 0 unspecified atom stereocenters. The Labute approximate surface area is 321 Å². The van der Waals surface area contributed by atoms with Gasteiger partial charge < -0.3 is 9.80 Å². The lowest BCUT2D eigenvalue weighted by Gasteiger charge is -2.32. The van der Waals surface area contributed by atoms with E-state index in [1.165, 1.54) is 65.9 Å². The topological polar surface area (TPSA) is 6.48 Å². The number of para-hydroxylation sites is 2. The van der Waals surface area contributed by atoms with Gasteiger partial charge >= 0.3 is 0 Å². The van der Waals surface area contributed by atoms with Gasteiger partial charge in [0.05, 0.1) is 19.4 Å². The fourth-order valence-corrected chi connectivity index (χ4v) is 10.3. The molecular formula is C51H46N2Si. The quantitative estimate of drug-likeness (QED) is 0.152. The zero-order valence-electron chi connectivity index (χ0n) is 32.1. The molecule has 0 saturated heterocycles. The number of hydrogen-bond acceptors (Lipinski definition) is 2. The molecule has 2 nitrogen and oxygen atoms in total. The van der Waals surface area contributed by atoms with Crippen molar-refractivity contribution in [3.63, 3.8) is 0 Å². The third kappa shape index (κ3) is 5.54. The molecule has 54 heavy (non-hydrogen) atoms. The fraction of sp³-hybridized carbons (Fsp3) is 0.137. The van der Waals surface area contributed by atoms with Crippen molar-refractivity contribution in [2.45, 2.75) is 45.8 Å². The number of anilines is 6. The lowest BCUT2D eigenvalue weighted by molar-refractivity contribution is 0.661. The molecule has 0 atom stereocenters. The number of aryl methyl sites for hydroxylation is 1. The largest absolute Gasteiger partial charge is 0.310 e. The van der Waals surface area contributed by atoms with Crippen LogP contribution in [0.15, 0.2) is 170 Å². The van der Waals surface area contributed by atoms with Crippen LogP contribution in [-0.2, 0) is 5.41 Å². The molecular weight excluding hydrogens is 669 g/mol. The van der Waals surface area contributed by atoms with Gasteiger partial charge in [-0.1, -0.05) is 153 Å². The van der Waals surface area contributed by atoms with Gasteiger partial charge in [0.1, 0.15) is 0 Å². The Hall–Kier alpha value is -5.90. The molecule has 1 aliphatic rings. The van der Waals surface area contributed by atoms with Gasteiger partial charge in [-0.25, -0.2) is 0 Å². The van der Waals surface area contributed by atoms with Crippen molar-refractivity contribution in [1.82, 2.24) is 0 Å². The van der Waals surface area contributed by atoms with Crippen molar-refractivity contribution in [3.05, 3.63) is 187 Å². The minimum Gasteiger partial charge on any atom is -0.310 e. The monoisotopic (exact) mass is 714 g/mol. The third-order valence-electron chi connectivity index (χ3n) is 11.4. The van der Waals surface area contributed by atoms with Crippen molar-refractivity contribution >= 4 is 68.9 Å². The first-order chi connectivity index (χ1) is 26.1. The molecule has 264 valence electrons. The van der Waals surface area contributed by atoms with Gasteiger partial charge in [0.2, 0.25) is 0 Å². The summed E-state index contributed by atoms with van der Waals surface area (Å²) in [6.45, 7) is 14.3. The van der Waals surface area contributed by atoms with Crippen LogP contribution in [0, 0.1) is 6.92 Å². The summed E-state index contributed by atoms with van der Waals surface area (Å²) in [6, 6.07) is 62.9. The van der Waals surface area contributed by atoms with Gasteiger partial charge in [-0.15, -0.1) is 0 Å². The van der Waals surface area contributed by atoms with Crippen LogP contribution in [0.4, 0.5) is 34.1 Å². The van der Waals surface area contributed by atoms with E-state index in [1.807, 2.05) is 0 Å². The van der Waals surface area contributed by atoms with Crippen LogP contribution in [0.5, 0.6) is 0 Å². The zero-order valence-corrected chi connectivity index (χ0v) is 33.1. The minimum atomic E-state index is -1.61. The first kappa shape index (κ1) is 33.9.